The maximum absolute atomic E-state index is 12.8. The predicted molar refractivity (Wildman–Crippen MR) is 44.0 cm³/mol. The van der Waals surface area contributed by atoms with Crippen LogP contribution in [-0.2, 0) is 11.2 Å². The molecule has 1 rings (SSSR count). The van der Waals surface area contributed by atoms with Crippen molar-refractivity contribution in [2.75, 3.05) is 0 Å². The van der Waals surface area contributed by atoms with Gasteiger partial charge >= 0.3 is 6.18 Å². The minimum Gasteiger partial charge on any atom is -0.289 e. The number of aromatic nitrogens is 1. The van der Waals surface area contributed by atoms with E-state index in [2.05, 4.69) is 4.98 Å². The van der Waals surface area contributed by atoms with E-state index in [1.807, 2.05) is 0 Å². The zero-order valence-electron chi connectivity index (χ0n) is 7.11. The number of alkyl halides is 3. The zero-order valence-corrected chi connectivity index (χ0v) is 7.86. The van der Waals surface area contributed by atoms with Gasteiger partial charge in [0, 0.05) is 18.2 Å². The molecule has 0 aromatic carbocycles. The summed E-state index contributed by atoms with van der Waals surface area (Å²) < 4.78 is 48.4. The highest BCUT2D eigenvalue weighted by molar-refractivity contribution is 6.30. The molecule has 2 nitrogen and oxygen atoms in total. The summed E-state index contributed by atoms with van der Waals surface area (Å²) in [5, 5.41) is -0.0265. The van der Waals surface area contributed by atoms with E-state index >= 15 is 0 Å². The quantitative estimate of drug-likeness (QED) is 0.588. The summed E-state index contributed by atoms with van der Waals surface area (Å²) in [6, 6.07) is 0.938. The highest BCUT2D eigenvalue weighted by Gasteiger charge is 2.38. The largest absolute Gasteiger partial charge is 0.450 e. The zero-order chi connectivity index (χ0) is 11.6. The van der Waals surface area contributed by atoms with Gasteiger partial charge in [0.1, 0.15) is 0 Å². The molecule has 0 bridgehead atoms. The summed E-state index contributed by atoms with van der Waals surface area (Å²) >= 11 is 5.39. The topological polar surface area (TPSA) is 30.0 Å². The Bertz CT molecular complexity index is 391. The van der Waals surface area contributed by atoms with E-state index in [0.717, 1.165) is 12.3 Å². The molecule has 0 unspecified atom stereocenters. The fraction of sp³-hybridized carbons (Fsp3) is 0.250. The van der Waals surface area contributed by atoms with E-state index in [0.29, 0.717) is 0 Å². The van der Waals surface area contributed by atoms with Crippen molar-refractivity contribution in [2.45, 2.75) is 12.6 Å². The van der Waals surface area contributed by atoms with Crippen LogP contribution in [0, 0.1) is 5.95 Å². The SMILES string of the molecule is O=C(Cc1cc(Cl)cnc1F)C(F)(F)F. The van der Waals surface area contributed by atoms with Crippen LogP contribution in [0.25, 0.3) is 0 Å². The minimum absolute atomic E-state index is 0.0265. The molecule has 82 valence electrons. The molecular formula is C8H4ClF4NO. The number of nitrogens with zero attached hydrogens (tertiary/aromatic N) is 1. The molecule has 7 heteroatoms. The van der Waals surface area contributed by atoms with Gasteiger partial charge in [-0.05, 0) is 6.07 Å². The van der Waals surface area contributed by atoms with Crippen molar-refractivity contribution in [3.8, 4) is 0 Å². The summed E-state index contributed by atoms with van der Waals surface area (Å²) in [6.07, 6.45) is -5.13. The molecule has 1 heterocycles. The molecule has 0 saturated carbocycles. The van der Waals surface area contributed by atoms with Gasteiger partial charge in [-0.1, -0.05) is 11.6 Å². The molecule has 0 aliphatic heterocycles. The van der Waals surface area contributed by atoms with Crippen LogP contribution in [0.4, 0.5) is 17.6 Å². The summed E-state index contributed by atoms with van der Waals surface area (Å²) in [4.78, 5) is 13.6. The van der Waals surface area contributed by atoms with Crippen molar-refractivity contribution >= 4 is 17.4 Å². The molecular weight excluding hydrogens is 238 g/mol. The standard InChI is InChI=1S/C8H4ClF4NO/c9-5-1-4(7(10)14-3-5)2-6(15)8(11,12)13/h1,3H,2H2. The minimum atomic E-state index is -4.98. The fourth-order valence-electron chi connectivity index (χ4n) is 0.862. The van der Waals surface area contributed by atoms with E-state index in [4.69, 9.17) is 11.6 Å². The monoisotopic (exact) mass is 241 g/mol. The van der Waals surface area contributed by atoms with Crippen LogP contribution in [0.5, 0.6) is 0 Å². The number of Topliss-reactive ketones (excluding diaryl/α,β-unsaturated/α-hetero) is 1. The van der Waals surface area contributed by atoms with Crippen LogP contribution < -0.4 is 0 Å². The van der Waals surface area contributed by atoms with E-state index < -0.39 is 29.9 Å². The third-order valence-corrected chi connectivity index (χ3v) is 1.75. The highest BCUT2D eigenvalue weighted by atomic mass is 35.5. The first kappa shape index (κ1) is 11.9. The van der Waals surface area contributed by atoms with E-state index in [9.17, 15) is 22.4 Å². The maximum Gasteiger partial charge on any atom is 0.450 e. The molecule has 15 heavy (non-hydrogen) atoms. The first-order valence-corrected chi connectivity index (χ1v) is 4.08. The van der Waals surface area contributed by atoms with Crippen LogP contribution in [-0.4, -0.2) is 16.9 Å². The Kier molecular flexibility index (Phi) is 3.28. The van der Waals surface area contributed by atoms with Crippen LogP contribution in [0.1, 0.15) is 5.56 Å². The van der Waals surface area contributed by atoms with Crippen molar-refractivity contribution in [1.29, 1.82) is 0 Å². The van der Waals surface area contributed by atoms with Crippen molar-refractivity contribution in [3.63, 3.8) is 0 Å². The summed E-state index contributed by atoms with van der Waals surface area (Å²) in [5.74, 6) is -3.16. The van der Waals surface area contributed by atoms with Gasteiger partial charge in [-0.25, -0.2) is 4.98 Å². The Labute approximate surface area is 86.9 Å². The molecule has 0 atom stereocenters. The summed E-state index contributed by atoms with van der Waals surface area (Å²) in [7, 11) is 0. The second kappa shape index (κ2) is 4.14. The van der Waals surface area contributed by atoms with Gasteiger partial charge in [-0.15, -0.1) is 0 Å². The average Bonchev–Trinajstić information content (AvgIpc) is 2.09. The second-order valence-corrected chi connectivity index (χ2v) is 3.14. The molecule has 0 aliphatic rings. The molecule has 0 fully saturated rings. The van der Waals surface area contributed by atoms with E-state index in [1.54, 1.807) is 0 Å². The number of hydrogen-bond acceptors (Lipinski definition) is 2. The highest BCUT2D eigenvalue weighted by Crippen LogP contribution is 2.20. The second-order valence-electron chi connectivity index (χ2n) is 2.70. The summed E-state index contributed by atoms with van der Waals surface area (Å²) in [6.45, 7) is 0. The Morgan fingerprint density at radius 3 is 2.60 bits per heavy atom. The number of ketones is 1. The van der Waals surface area contributed by atoms with Gasteiger partial charge in [0.05, 0.1) is 5.02 Å². The first-order valence-electron chi connectivity index (χ1n) is 3.70. The number of rotatable bonds is 2. The molecule has 0 spiro atoms. The Morgan fingerprint density at radius 1 is 1.47 bits per heavy atom. The van der Waals surface area contributed by atoms with Crippen LogP contribution in [0.3, 0.4) is 0 Å². The summed E-state index contributed by atoms with van der Waals surface area (Å²) in [5.41, 5.74) is -0.468. The van der Waals surface area contributed by atoms with Gasteiger partial charge in [0.15, 0.2) is 0 Å². The number of carbonyl (C=O) groups is 1. The number of carbonyl (C=O) groups excluding carboxylic acids is 1. The molecule has 0 amide bonds. The van der Waals surface area contributed by atoms with Gasteiger partial charge in [-0.2, -0.15) is 17.6 Å². The van der Waals surface area contributed by atoms with Gasteiger partial charge in [0.2, 0.25) is 11.7 Å². The van der Waals surface area contributed by atoms with Crippen LogP contribution >= 0.6 is 11.6 Å². The van der Waals surface area contributed by atoms with Crippen molar-refractivity contribution in [1.82, 2.24) is 4.98 Å². The van der Waals surface area contributed by atoms with Crippen molar-refractivity contribution in [2.24, 2.45) is 0 Å². The maximum atomic E-state index is 12.8. The van der Waals surface area contributed by atoms with Crippen LogP contribution in [0.15, 0.2) is 12.3 Å². The van der Waals surface area contributed by atoms with Gasteiger partial charge in [-0.3, -0.25) is 4.79 Å². The Hall–Kier alpha value is -1.17. The molecule has 1 aromatic heterocycles. The fourth-order valence-corrected chi connectivity index (χ4v) is 1.04. The normalized spacial score (nSPS) is 11.5. The van der Waals surface area contributed by atoms with Gasteiger partial charge in [0.25, 0.3) is 0 Å². The molecule has 1 aromatic rings. The Morgan fingerprint density at radius 2 is 2.07 bits per heavy atom. The van der Waals surface area contributed by atoms with Gasteiger partial charge < -0.3 is 0 Å². The number of hydrogen-bond donors (Lipinski definition) is 0. The first-order chi connectivity index (χ1) is 6.80. The lowest BCUT2D eigenvalue weighted by atomic mass is 10.1. The third-order valence-electron chi connectivity index (χ3n) is 1.55. The Balaban J connectivity index is 2.90. The number of pyridine rings is 1. The molecule has 0 radical (unpaired) electrons. The van der Waals surface area contributed by atoms with Crippen LogP contribution in [0.2, 0.25) is 5.02 Å². The average molecular weight is 242 g/mol. The van der Waals surface area contributed by atoms with E-state index in [-0.39, 0.29) is 5.02 Å². The lowest BCUT2D eigenvalue weighted by Crippen LogP contribution is -2.25. The molecule has 0 aliphatic carbocycles. The van der Waals surface area contributed by atoms with E-state index in [1.165, 1.54) is 0 Å². The number of halogens is 5. The molecule has 0 N–H and O–H groups in total. The van der Waals surface area contributed by atoms with Crippen molar-refractivity contribution in [3.05, 3.63) is 28.8 Å². The molecule has 0 saturated heterocycles. The predicted octanol–water partition coefficient (Wildman–Crippen LogP) is 2.55. The van der Waals surface area contributed by atoms with Crippen molar-refractivity contribution < 1.29 is 22.4 Å². The third kappa shape index (κ3) is 3.16. The lowest BCUT2D eigenvalue weighted by molar-refractivity contribution is -0.170. The smallest absolute Gasteiger partial charge is 0.289 e. The lowest BCUT2D eigenvalue weighted by Gasteiger charge is -2.05.